The van der Waals surface area contributed by atoms with E-state index in [0.717, 1.165) is 36.5 Å². The van der Waals surface area contributed by atoms with E-state index in [-0.39, 0.29) is 6.04 Å². The molecule has 4 aromatic rings. The van der Waals surface area contributed by atoms with E-state index in [1.807, 2.05) is 12.1 Å². The molecular weight excluding hydrogens is 322 g/mol. The van der Waals surface area contributed by atoms with Gasteiger partial charge < -0.3 is 15.1 Å². The van der Waals surface area contributed by atoms with E-state index in [9.17, 15) is 0 Å². The van der Waals surface area contributed by atoms with Gasteiger partial charge >= 0.3 is 0 Å². The topological polar surface area (TPSA) is 58.2 Å². The molecule has 130 valence electrons. The van der Waals surface area contributed by atoms with Crippen molar-refractivity contribution < 1.29 is 4.42 Å². The largest absolute Gasteiger partial charge is 0.467 e. The molecule has 2 aromatic heterocycles. The van der Waals surface area contributed by atoms with Gasteiger partial charge in [-0.1, -0.05) is 30.3 Å². The number of hydrogen-bond donors (Lipinski definition) is 2. The summed E-state index contributed by atoms with van der Waals surface area (Å²) >= 11 is 0. The summed E-state index contributed by atoms with van der Waals surface area (Å²) in [7, 11) is 0. The molecule has 3 N–H and O–H groups in total. The van der Waals surface area contributed by atoms with Crippen molar-refractivity contribution >= 4 is 16.6 Å². The lowest BCUT2D eigenvalue weighted by atomic mass is 9.95. The van der Waals surface area contributed by atoms with Crippen LogP contribution in [-0.4, -0.2) is 16.4 Å². The number of H-pyrrole nitrogens is 1. The quantitative estimate of drug-likeness (QED) is 0.539. The van der Waals surface area contributed by atoms with Crippen molar-refractivity contribution in [2.75, 3.05) is 12.3 Å². The van der Waals surface area contributed by atoms with Crippen molar-refractivity contribution in [3.05, 3.63) is 89.5 Å². The van der Waals surface area contributed by atoms with Gasteiger partial charge in [-0.3, -0.25) is 4.90 Å². The molecule has 0 saturated heterocycles. The summed E-state index contributed by atoms with van der Waals surface area (Å²) in [6.45, 7) is 1.87. The fourth-order valence-electron chi connectivity index (χ4n) is 4.11. The van der Waals surface area contributed by atoms with Crippen molar-refractivity contribution in [2.45, 2.75) is 19.0 Å². The van der Waals surface area contributed by atoms with E-state index in [0.29, 0.717) is 0 Å². The lowest BCUT2D eigenvalue weighted by Crippen LogP contribution is -2.35. The van der Waals surface area contributed by atoms with Gasteiger partial charge in [0.1, 0.15) is 11.8 Å². The minimum absolute atomic E-state index is 0.0857. The summed E-state index contributed by atoms with van der Waals surface area (Å²) in [6.07, 6.45) is 2.76. The van der Waals surface area contributed by atoms with Gasteiger partial charge in [0.05, 0.1) is 6.26 Å². The van der Waals surface area contributed by atoms with Crippen molar-refractivity contribution in [1.82, 2.24) is 9.88 Å². The van der Waals surface area contributed by atoms with E-state index in [2.05, 4.69) is 58.4 Å². The highest BCUT2D eigenvalue weighted by Gasteiger charge is 2.33. The zero-order valence-corrected chi connectivity index (χ0v) is 14.5. The maximum atomic E-state index is 6.03. The lowest BCUT2D eigenvalue weighted by Gasteiger charge is -2.34. The fraction of sp³-hybridized carbons (Fsp3) is 0.182. The molecule has 1 aliphatic heterocycles. The van der Waals surface area contributed by atoms with Crippen LogP contribution in [0.5, 0.6) is 0 Å². The van der Waals surface area contributed by atoms with Gasteiger partial charge in [-0.05, 0) is 47.9 Å². The normalized spacial score (nSPS) is 17.5. The number of furan rings is 1. The maximum absolute atomic E-state index is 6.03. The average molecular weight is 343 g/mol. The average Bonchev–Trinajstić information content (AvgIpc) is 3.30. The molecule has 4 heteroatoms. The molecule has 5 rings (SSSR count). The van der Waals surface area contributed by atoms with Crippen molar-refractivity contribution in [2.24, 2.45) is 0 Å². The summed E-state index contributed by atoms with van der Waals surface area (Å²) in [4.78, 5) is 6.12. The Labute approximate surface area is 152 Å². The molecule has 0 bridgehead atoms. The van der Waals surface area contributed by atoms with Crippen LogP contribution in [0, 0.1) is 0 Å². The maximum Gasteiger partial charge on any atom is 0.126 e. The molecule has 0 saturated carbocycles. The Kier molecular flexibility index (Phi) is 3.57. The number of rotatable bonds is 3. The van der Waals surface area contributed by atoms with E-state index in [4.69, 9.17) is 10.2 Å². The third-order valence-corrected chi connectivity index (χ3v) is 5.29. The van der Waals surface area contributed by atoms with E-state index >= 15 is 0 Å². The zero-order chi connectivity index (χ0) is 17.5. The Morgan fingerprint density at radius 1 is 1.08 bits per heavy atom. The smallest absolute Gasteiger partial charge is 0.126 e. The van der Waals surface area contributed by atoms with Gasteiger partial charge in [-0.15, -0.1) is 0 Å². The van der Waals surface area contributed by atoms with Crippen LogP contribution >= 0.6 is 0 Å². The second-order valence-corrected chi connectivity index (χ2v) is 6.95. The van der Waals surface area contributed by atoms with E-state index < -0.39 is 0 Å². The highest BCUT2D eigenvalue weighted by atomic mass is 16.3. The van der Waals surface area contributed by atoms with Crippen LogP contribution in [0.15, 0.2) is 71.3 Å². The number of nitrogens with one attached hydrogen (secondary N) is 1. The number of benzene rings is 2. The van der Waals surface area contributed by atoms with Crippen LogP contribution in [0.25, 0.3) is 10.9 Å². The molecular formula is C22H21N3O. The monoisotopic (exact) mass is 343 g/mol. The predicted molar refractivity (Wildman–Crippen MR) is 104 cm³/mol. The van der Waals surface area contributed by atoms with Crippen LogP contribution in [0.3, 0.4) is 0 Å². The van der Waals surface area contributed by atoms with Crippen LogP contribution in [0.1, 0.15) is 28.6 Å². The number of nitrogen functional groups attached to an aromatic ring is 1. The molecule has 0 amide bonds. The lowest BCUT2D eigenvalue weighted by molar-refractivity contribution is 0.181. The van der Waals surface area contributed by atoms with Gasteiger partial charge in [0.2, 0.25) is 0 Å². The van der Waals surface area contributed by atoms with E-state index in [1.165, 1.54) is 22.2 Å². The number of fused-ring (bicyclic) bond motifs is 3. The minimum Gasteiger partial charge on any atom is -0.467 e. The van der Waals surface area contributed by atoms with Gasteiger partial charge in [-0.2, -0.15) is 0 Å². The van der Waals surface area contributed by atoms with Crippen molar-refractivity contribution in [1.29, 1.82) is 0 Å². The van der Waals surface area contributed by atoms with Crippen molar-refractivity contribution in [3.8, 4) is 0 Å². The second-order valence-electron chi connectivity index (χ2n) is 6.95. The van der Waals surface area contributed by atoms with Crippen LogP contribution < -0.4 is 5.73 Å². The molecule has 2 aromatic carbocycles. The molecule has 3 heterocycles. The minimum atomic E-state index is 0.0857. The molecule has 0 aliphatic carbocycles. The van der Waals surface area contributed by atoms with Crippen LogP contribution in [0.2, 0.25) is 0 Å². The Bertz CT molecular complexity index is 1030. The summed E-state index contributed by atoms with van der Waals surface area (Å²) in [5.41, 5.74) is 11.9. The third-order valence-electron chi connectivity index (χ3n) is 5.29. The Morgan fingerprint density at radius 2 is 1.96 bits per heavy atom. The van der Waals surface area contributed by atoms with Crippen molar-refractivity contribution in [3.63, 3.8) is 0 Å². The molecule has 1 atom stereocenters. The van der Waals surface area contributed by atoms with Gasteiger partial charge in [-0.25, -0.2) is 0 Å². The third kappa shape index (κ3) is 2.50. The van der Waals surface area contributed by atoms with Gasteiger partial charge in [0, 0.05) is 35.4 Å². The standard InChI is InChI=1S/C22H21N3O/c23-16-8-9-19-18(13-16)17-10-11-25(14-15-5-2-1-3-6-15)22(21(17)24-19)20-7-4-12-26-20/h1-9,12-13,22,24H,10-11,14,23H2. The van der Waals surface area contributed by atoms with Gasteiger partial charge in [0.15, 0.2) is 0 Å². The predicted octanol–water partition coefficient (Wildman–Crippen LogP) is 4.49. The molecule has 0 spiro atoms. The first kappa shape index (κ1) is 15.3. The Morgan fingerprint density at radius 3 is 2.77 bits per heavy atom. The van der Waals surface area contributed by atoms with Gasteiger partial charge in [0.25, 0.3) is 0 Å². The molecule has 4 nitrogen and oxygen atoms in total. The molecule has 0 radical (unpaired) electrons. The second kappa shape index (κ2) is 6.07. The highest BCUT2D eigenvalue weighted by molar-refractivity contribution is 5.88. The SMILES string of the molecule is Nc1ccc2[nH]c3c(c2c1)CCN(Cc1ccccc1)C3c1ccco1. The molecule has 0 fully saturated rings. The van der Waals surface area contributed by atoms with E-state index in [1.54, 1.807) is 6.26 Å². The number of anilines is 1. The first-order valence-electron chi connectivity index (χ1n) is 9.01. The Balaban J connectivity index is 1.62. The first-order chi connectivity index (χ1) is 12.8. The summed E-state index contributed by atoms with van der Waals surface area (Å²) < 4.78 is 5.83. The fourth-order valence-corrected chi connectivity index (χ4v) is 4.11. The number of aromatic amines is 1. The number of nitrogens with two attached hydrogens (primary N) is 1. The van der Waals surface area contributed by atoms with Crippen LogP contribution in [-0.2, 0) is 13.0 Å². The first-order valence-corrected chi connectivity index (χ1v) is 9.01. The number of nitrogens with zero attached hydrogens (tertiary/aromatic N) is 1. The summed E-state index contributed by atoms with van der Waals surface area (Å²) in [5, 5.41) is 1.23. The molecule has 1 aliphatic rings. The zero-order valence-electron chi connectivity index (χ0n) is 14.5. The molecule has 26 heavy (non-hydrogen) atoms. The Hall–Kier alpha value is -2.98. The summed E-state index contributed by atoms with van der Waals surface area (Å²) in [5.74, 6) is 0.974. The summed E-state index contributed by atoms with van der Waals surface area (Å²) in [6, 6.07) is 20.8. The van der Waals surface area contributed by atoms with Crippen LogP contribution in [0.4, 0.5) is 5.69 Å². The molecule has 1 unspecified atom stereocenters. The highest BCUT2D eigenvalue weighted by Crippen LogP contribution is 2.39. The number of hydrogen-bond acceptors (Lipinski definition) is 3. The number of aromatic nitrogens is 1.